The number of hydrogen-bond donors (Lipinski definition) is 1. The van der Waals surface area contributed by atoms with E-state index in [9.17, 15) is 9.59 Å². The number of pyridine rings is 1. The van der Waals surface area contributed by atoms with E-state index in [-0.39, 0.29) is 18.5 Å². The first-order chi connectivity index (χ1) is 12.2. The standard InChI is InChI=1S/C17H13N5O3/c23-16-11-5-1-2-6-12(11)19-17(24)22(16)10-8-14-20-15(25-21-14)13-7-3-4-9-18-13/h1-7,9H,8,10H2,(H,19,24). The van der Waals surface area contributed by atoms with Crippen molar-refractivity contribution in [1.82, 2.24) is 24.7 Å². The maximum atomic E-state index is 12.5. The van der Waals surface area contributed by atoms with Gasteiger partial charge in [0.1, 0.15) is 5.69 Å². The first kappa shape index (κ1) is 15.0. The number of para-hydroxylation sites is 1. The Kier molecular flexibility index (Phi) is 3.70. The minimum absolute atomic E-state index is 0.153. The molecule has 25 heavy (non-hydrogen) atoms. The van der Waals surface area contributed by atoms with Crippen LogP contribution in [0.5, 0.6) is 0 Å². The number of aromatic amines is 1. The van der Waals surface area contributed by atoms with Gasteiger partial charge in [-0.15, -0.1) is 0 Å². The molecule has 1 aromatic carbocycles. The molecule has 0 saturated carbocycles. The second-order valence-corrected chi connectivity index (χ2v) is 5.41. The maximum Gasteiger partial charge on any atom is 0.328 e. The van der Waals surface area contributed by atoms with Gasteiger partial charge in [-0.1, -0.05) is 23.4 Å². The van der Waals surface area contributed by atoms with E-state index in [0.29, 0.717) is 28.3 Å². The molecular weight excluding hydrogens is 322 g/mol. The molecule has 0 bridgehead atoms. The summed E-state index contributed by atoms with van der Waals surface area (Å²) < 4.78 is 6.31. The Balaban J connectivity index is 1.60. The van der Waals surface area contributed by atoms with Crippen molar-refractivity contribution < 1.29 is 4.52 Å². The second kappa shape index (κ2) is 6.16. The van der Waals surface area contributed by atoms with Gasteiger partial charge in [-0.25, -0.2) is 4.79 Å². The highest BCUT2D eigenvalue weighted by atomic mass is 16.5. The SMILES string of the molecule is O=c1[nH]c2ccccc2c(=O)n1CCc1noc(-c2ccccn2)n1. The average molecular weight is 335 g/mol. The summed E-state index contributed by atoms with van der Waals surface area (Å²) in [6.07, 6.45) is 1.92. The monoisotopic (exact) mass is 335 g/mol. The molecule has 4 rings (SSSR count). The lowest BCUT2D eigenvalue weighted by molar-refractivity contribution is 0.418. The normalized spacial score (nSPS) is 11.0. The van der Waals surface area contributed by atoms with Crippen LogP contribution in [-0.4, -0.2) is 24.7 Å². The number of fused-ring (bicyclic) bond motifs is 1. The first-order valence-electron chi connectivity index (χ1n) is 7.68. The molecule has 8 nitrogen and oxygen atoms in total. The molecule has 3 heterocycles. The molecule has 0 aliphatic carbocycles. The van der Waals surface area contributed by atoms with Crippen molar-refractivity contribution in [1.29, 1.82) is 0 Å². The lowest BCUT2D eigenvalue weighted by Crippen LogP contribution is -2.35. The van der Waals surface area contributed by atoms with E-state index in [0.717, 1.165) is 4.57 Å². The van der Waals surface area contributed by atoms with Crippen molar-refractivity contribution >= 4 is 10.9 Å². The number of aromatic nitrogens is 5. The Morgan fingerprint density at radius 1 is 1.08 bits per heavy atom. The summed E-state index contributed by atoms with van der Waals surface area (Å²) in [7, 11) is 0. The van der Waals surface area contributed by atoms with E-state index in [1.165, 1.54) is 0 Å². The minimum atomic E-state index is -0.461. The number of nitrogens with one attached hydrogen (secondary N) is 1. The van der Waals surface area contributed by atoms with Crippen LogP contribution in [-0.2, 0) is 13.0 Å². The zero-order valence-electron chi connectivity index (χ0n) is 13.0. The predicted octanol–water partition coefficient (Wildman–Crippen LogP) is 1.38. The molecule has 0 atom stereocenters. The van der Waals surface area contributed by atoms with Gasteiger partial charge in [0, 0.05) is 19.2 Å². The van der Waals surface area contributed by atoms with E-state index < -0.39 is 5.69 Å². The van der Waals surface area contributed by atoms with Crippen LogP contribution in [0.3, 0.4) is 0 Å². The summed E-state index contributed by atoms with van der Waals surface area (Å²) >= 11 is 0. The van der Waals surface area contributed by atoms with Crippen LogP contribution in [0.2, 0.25) is 0 Å². The van der Waals surface area contributed by atoms with E-state index in [4.69, 9.17) is 4.52 Å². The molecule has 8 heteroatoms. The highest BCUT2D eigenvalue weighted by Gasteiger charge is 2.12. The highest BCUT2D eigenvalue weighted by Crippen LogP contribution is 2.13. The Morgan fingerprint density at radius 2 is 1.92 bits per heavy atom. The van der Waals surface area contributed by atoms with Crippen molar-refractivity contribution in [3.8, 4) is 11.6 Å². The van der Waals surface area contributed by atoms with Gasteiger partial charge in [0.05, 0.1) is 10.9 Å². The van der Waals surface area contributed by atoms with Crippen molar-refractivity contribution in [3.05, 3.63) is 75.3 Å². The fourth-order valence-corrected chi connectivity index (χ4v) is 2.56. The van der Waals surface area contributed by atoms with Crippen LogP contribution in [0.4, 0.5) is 0 Å². The Bertz CT molecular complexity index is 1140. The molecule has 0 amide bonds. The summed E-state index contributed by atoms with van der Waals surface area (Å²) in [5.74, 6) is 0.704. The topological polar surface area (TPSA) is 107 Å². The third kappa shape index (κ3) is 2.85. The molecule has 0 unspecified atom stereocenters. The number of nitrogens with zero attached hydrogens (tertiary/aromatic N) is 4. The van der Waals surface area contributed by atoms with Gasteiger partial charge in [-0.3, -0.25) is 14.3 Å². The highest BCUT2D eigenvalue weighted by molar-refractivity contribution is 5.76. The van der Waals surface area contributed by atoms with Crippen molar-refractivity contribution in [3.63, 3.8) is 0 Å². The smallest absolute Gasteiger partial charge is 0.328 e. The van der Waals surface area contributed by atoms with Gasteiger partial charge < -0.3 is 9.51 Å². The third-order valence-electron chi connectivity index (χ3n) is 3.80. The second-order valence-electron chi connectivity index (χ2n) is 5.41. The van der Waals surface area contributed by atoms with Gasteiger partial charge in [-0.05, 0) is 24.3 Å². The summed E-state index contributed by atoms with van der Waals surface area (Å²) in [5.41, 5.74) is 0.289. The molecular formula is C17H13N5O3. The minimum Gasteiger partial charge on any atom is -0.332 e. The lowest BCUT2D eigenvalue weighted by Gasteiger charge is -2.04. The Hall–Kier alpha value is -3.55. The molecule has 0 spiro atoms. The summed E-state index contributed by atoms with van der Waals surface area (Å²) in [6, 6.07) is 12.3. The predicted molar refractivity (Wildman–Crippen MR) is 90.1 cm³/mol. The summed E-state index contributed by atoms with van der Waals surface area (Å²) in [4.78, 5) is 35.7. The van der Waals surface area contributed by atoms with E-state index in [1.54, 1.807) is 42.6 Å². The molecule has 0 aliphatic rings. The Labute approximate surface area is 140 Å². The molecule has 0 saturated heterocycles. The van der Waals surface area contributed by atoms with Gasteiger partial charge in [0.2, 0.25) is 0 Å². The number of benzene rings is 1. The number of rotatable bonds is 4. The van der Waals surface area contributed by atoms with Crippen LogP contribution < -0.4 is 11.2 Å². The first-order valence-corrected chi connectivity index (χ1v) is 7.68. The molecule has 0 radical (unpaired) electrons. The third-order valence-corrected chi connectivity index (χ3v) is 3.80. The Morgan fingerprint density at radius 3 is 2.76 bits per heavy atom. The fraction of sp³-hybridized carbons (Fsp3) is 0.118. The zero-order valence-corrected chi connectivity index (χ0v) is 13.0. The number of hydrogen-bond acceptors (Lipinski definition) is 6. The quantitative estimate of drug-likeness (QED) is 0.604. The van der Waals surface area contributed by atoms with Crippen LogP contribution in [0.1, 0.15) is 5.82 Å². The number of H-pyrrole nitrogens is 1. The molecule has 4 aromatic rings. The van der Waals surface area contributed by atoms with Crippen LogP contribution in [0, 0.1) is 0 Å². The molecule has 1 N–H and O–H groups in total. The summed E-state index contributed by atoms with van der Waals surface area (Å²) in [6.45, 7) is 0.153. The van der Waals surface area contributed by atoms with Crippen LogP contribution in [0.25, 0.3) is 22.5 Å². The molecule has 124 valence electrons. The van der Waals surface area contributed by atoms with Gasteiger partial charge in [0.15, 0.2) is 5.82 Å². The molecule has 3 aromatic heterocycles. The lowest BCUT2D eigenvalue weighted by atomic mass is 10.2. The van der Waals surface area contributed by atoms with Crippen LogP contribution in [0.15, 0.2) is 62.8 Å². The van der Waals surface area contributed by atoms with E-state index in [2.05, 4.69) is 20.1 Å². The maximum absolute atomic E-state index is 12.5. The average Bonchev–Trinajstić information content (AvgIpc) is 3.11. The summed E-state index contributed by atoms with van der Waals surface area (Å²) in [5, 5.41) is 4.34. The van der Waals surface area contributed by atoms with Gasteiger partial charge >= 0.3 is 5.69 Å². The molecule has 0 aliphatic heterocycles. The number of aryl methyl sites for hydroxylation is 1. The largest absolute Gasteiger partial charge is 0.332 e. The van der Waals surface area contributed by atoms with Gasteiger partial charge in [0.25, 0.3) is 11.4 Å². The van der Waals surface area contributed by atoms with Crippen molar-refractivity contribution in [2.45, 2.75) is 13.0 Å². The van der Waals surface area contributed by atoms with Crippen molar-refractivity contribution in [2.24, 2.45) is 0 Å². The van der Waals surface area contributed by atoms with Gasteiger partial charge in [-0.2, -0.15) is 4.98 Å². The van der Waals surface area contributed by atoms with Crippen LogP contribution >= 0.6 is 0 Å². The van der Waals surface area contributed by atoms with E-state index in [1.807, 2.05) is 6.07 Å². The van der Waals surface area contributed by atoms with E-state index >= 15 is 0 Å². The van der Waals surface area contributed by atoms with Crippen molar-refractivity contribution in [2.75, 3.05) is 0 Å². The zero-order chi connectivity index (χ0) is 17.2. The fourth-order valence-electron chi connectivity index (χ4n) is 2.56. The molecule has 0 fully saturated rings.